The first kappa shape index (κ1) is 20.9. The number of nitrogens with zero attached hydrogens (tertiary/aromatic N) is 1. The van der Waals surface area contributed by atoms with Crippen molar-refractivity contribution in [1.82, 2.24) is 15.5 Å². The van der Waals surface area contributed by atoms with Crippen molar-refractivity contribution in [2.75, 3.05) is 13.1 Å². The second kappa shape index (κ2) is 9.36. The summed E-state index contributed by atoms with van der Waals surface area (Å²) in [7, 11) is 0. The maximum atomic E-state index is 12.3. The third kappa shape index (κ3) is 6.33. The van der Waals surface area contributed by atoms with E-state index in [2.05, 4.69) is 10.6 Å². The summed E-state index contributed by atoms with van der Waals surface area (Å²) in [6.45, 7) is 5.42. The fourth-order valence-corrected chi connectivity index (χ4v) is 2.72. The molecule has 9 nitrogen and oxygen atoms in total. The lowest BCUT2D eigenvalue weighted by Crippen LogP contribution is -2.52. The summed E-state index contributed by atoms with van der Waals surface area (Å²) in [4.78, 5) is 48.6. The number of likely N-dealkylation sites (tertiary alicyclic amines) is 1. The molecule has 25 heavy (non-hydrogen) atoms. The molecule has 9 heteroatoms. The van der Waals surface area contributed by atoms with Gasteiger partial charge in [-0.1, -0.05) is 13.8 Å². The maximum absolute atomic E-state index is 12.3. The van der Waals surface area contributed by atoms with E-state index in [0.717, 1.165) is 0 Å². The van der Waals surface area contributed by atoms with Crippen molar-refractivity contribution in [3.05, 3.63) is 0 Å². The minimum atomic E-state index is -1.14. The third-order valence-corrected chi connectivity index (χ3v) is 4.08. The van der Waals surface area contributed by atoms with Gasteiger partial charge in [0.05, 0.1) is 12.6 Å². The molecule has 1 aliphatic rings. The quantitative estimate of drug-likeness (QED) is 0.442. The smallest absolute Gasteiger partial charge is 0.325 e. The molecule has 5 N–H and O–H groups in total. The van der Waals surface area contributed by atoms with E-state index < -0.39 is 35.9 Å². The SMILES string of the molecule is CC(C)CC(N)C(=O)NCC(=O)N1CCCC1C(=O)NC(C)C(=O)O. The van der Waals surface area contributed by atoms with Gasteiger partial charge in [0.15, 0.2) is 0 Å². The van der Waals surface area contributed by atoms with Crippen LogP contribution in [-0.2, 0) is 19.2 Å². The van der Waals surface area contributed by atoms with Crippen molar-refractivity contribution in [1.29, 1.82) is 0 Å². The number of hydrogen-bond acceptors (Lipinski definition) is 5. The number of carboxylic acid groups (broad SMARTS) is 1. The molecule has 0 bridgehead atoms. The highest BCUT2D eigenvalue weighted by Crippen LogP contribution is 2.17. The van der Waals surface area contributed by atoms with Crippen LogP contribution in [0.5, 0.6) is 0 Å². The van der Waals surface area contributed by atoms with E-state index in [4.69, 9.17) is 10.8 Å². The molecule has 1 aliphatic heterocycles. The van der Waals surface area contributed by atoms with Gasteiger partial charge in [-0.05, 0) is 32.1 Å². The van der Waals surface area contributed by atoms with Crippen LogP contribution < -0.4 is 16.4 Å². The number of amides is 3. The normalized spacial score (nSPS) is 19.4. The number of carbonyl (C=O) groups excluding carboxylic acids is 3. The zero-order valence-electron chi connectivity index (χ0n) is 14.9. The lowest BCUT2D eigenvalue weighted by molar-refractivity contribution is -0.143. The van der Waals surface area contributed by atoms with Crippen molar-refractivity contribution in [3.8, 4) is 0 Å². The van der Waals surface area contributed by atoms with Gasteiger partial charge in [-0.15, -0.1) is 0 Å². The molecule has 0 aromatic carbocycles. The molecular formula is C16H28N4O5. The Labute approximate surface area is 147 Å². The molecule has 0 aliphatic carbocycles. The van der Waals surface area contributed by atoms with E-state index in [9.17, 15) is 19.2 Å². The summed E-state index contributed by atoms with van der Waals surface area (Å²) < 4.78 is 0. The number of rotatable bonds is 8. The standard InChI is InChI=1S/C16H28N4O5/c1-9(2)7-11(17)14(22)18-8-13(21)20-6-4-5-12(20)15(23)19-10(3)16(24)25/h9-12H,4-8,17H2,1-3H3,(H,18,22)(H,19,23)(H,24,25). The average molecular weight is 356 g/mol. The van der Waals surface area contributed by atoms with E-state index in [1.807, 2.05) is 13.8 Å². The first-order valence-corrected chi connectivity index (χ1v) is 8.49. The molecule has 0 spiro atoms. The van der Waals surface area contributed by atoms with Crippen LogP contribution in [0.25, 0.3) is 0 Å². The molecule has 0 aromatic rings. The Kier molecular flexibility index (Phi) is 7.82. The molecule has 0 aromatic heterocycles. The maximum Gasteiger partial charge on any atom is 0.325 e. The molecule has 3 atom stereocenters. The molecule has 1 rings (SSSR count). The lowest BCUT2D eigenvalue weighted by atomic mass is 10.0. The van der Waals surface area contributed by atoms with E-state index in [1.54, 1.807) is 0 Å². The number of hydrogen-bond donors (Lipinski definition) is 4. The summed E-state index contributed by atoms with van der Waals surface area (Å²) >= 11 is 0. The molecule has 1 heterocycles. The van der Waals surface area contributed by atoms with Crippen molar-refractivity contribution >= 4 is 23.7 Å². The average Bonchev–Trinajstić information content (AvgIpc) is 3.00. The van der Waals surface area contributed by atoms with E-state index in [0.29, 0.717) is 25.8 Å². The van der Waals surface area contributed by atoms with Crippen molar-refractivity contribution in [2.24, 2.45) is 11.7 Å². The van der Waals surface area contributed by atoms with Crippen LogP contribution in [0.2, 0.25) is 0 Å². The van der Waals surface area contributed by atoms with Gasteiger partial charge in [0.1, 0.15) is 12.1 Å². The Morgan fingerprint density at radius 3 is 2.44 bits per heavy atom. The highest BCUT2D eigenvalue weighted by molar-refractivity contribution is 5.92. The lowest BCUT2D eigenvalue weighted by Gasteiger charge is -2.25. The summed E-state index contributed by atoms with van der Waals surface area (Å²) in [6.07, 6.45) is 1.62. The third-order valence-electron chi connectivity index (χ3n) is 4.08. The molecule has 0 saturated carbocycles. The number of carbonyl (C=O) groups is 4. The first-order valence-electron chi connectivity index (χ1n) is 8.49. The second-order valence-corrected chi connectivity index (χ2v) is 6.77. The Bertz CT molecular complexity index is 523. The summed E-state index contributed by atoms with van der Waals surface area (Å²) in [5.74, 6) is -2.16. The largest absolute Gasteiger partial charge is 0.480 e. The highest BCUT2D eigenvalue weighted by atomic mass is 16.4. The fraction of sp³-hybridized carbons (Fsp3) is 0.750. The van der Waals surface area contributed by atoms with Gasteiger partial charge in [0.2, 0.25) is 17.7 Å². The van der Waals surface area contributed by atoms with Crippen LogP contribution >= 0.6 is 0 Å². The van der Waals surface area contributed by atoms with Crippen LogP contribution in [0.3, 0.4) is 0 Å². The zero-order chi connectivity index (χ0) is 19.1. The first-order chi connectivity index (χ1) is 11.6. The predicted molar refractivity (Wildman–Crippen MR) is 90.4 cm³/mol. The van der Waals surface area contributed by atoms with E-state index in [-0.39, 0.29) is 18.4 Å². The monoisotopic (exact) mass is 356 g/mol. The Morgan fingerprint density at radius 1 is 1.24 bits per heavy atom. The molecule has 142 valence electrons. The molecule has 0 radical (unpaired) electrons. The van der Waals surface area contributed by atoms with Crippen LogP contribution in [-0.4, -0.2) is 64.9 Å². The van der Waals surface area contributed by atoms with Crippen molar-refractivity contribution in [3.63, 3.8) is 0 Å². The van der Waals surface area contributed by atoms with Crippen LogP contribution in [0.15, 0.2) is 0 Å². The summed E-state index contributed by atoms with van der Waals surface area (Å²) in [5.41, 5.74) is 5.76. The molecule has 1 saturated heterocycles. The van der Waals surface area contributed by atoms with E-state index in [1.165, 1.54) is 11.8 Å². The van der Waals surface area contributed by atoms with Gasteiger partial charge in [-0.3, -0.25) is 19.2 Å². The minimum absolute atomic E-state index is 0.233. The van der Waals surface area contributed by atoms with Gasteiger partial charge in [0, 0.05) is 6.54 Å². The Balaban J connectivity index is 2.55. The Morgan fingerprint density at radius 2 is 1.88 bits per heavy atom. The predicted octanol–water partition coefficient (Wildman–Crippen LogP) is -0.944. The van der Waals surface area contributed by atoms with Gasteiger partial charge in [0.25, 0.3) is 0 Å². The van der Waals surface area contributed by atoms with Crippen LogP contribution in [0, 0.1) is 5.92 Å². The molecule has 1 fully saturated rings. The summed E-state index contributed by atoms with van der Waals surface area (Å²) in [6, 6.07) is -2.42. The number of nitrogens with two attached hydrogens (primary N) is 1. The van der Waals surface area contributed by atoms with Gasteiger partial charge in [-0.25, -0.2) is 0 Å². The molecule has 3 amide bonds. The van der Waals surface area contributed by atoms with Crippen LogP contribution in [0.4, 0.5) is 0 Å². The van der Waals surface area contributed by atoms with Gasteiger partial charge >= 0.3 is 5.97 Å². The minimum Gasteiger partial charge on any atom is -0.480 e. The number of carboxylic acids is 1. The van der Waals surface area contributed by atoms with Gasteiger partial charge < -0.3 is 26.4 Å². The van der Waals surface area contributed by atoms with E-state index >= 15 is 0 Å². The van der Waals surface area contributed by atoms with Crippen LogP contribution in [0.1, 0.15) is 40.0 Å². The van der Waals surface area contributed by atoms with Crippen molar-refractivity contribution < 1.29 is 24.3 Å². The Hall–Kier alpha value is -2.16. The molecule has 3 unspecified atom stereocenters. The second-order valence-electron chi connectivity index (χ2n) is 6.77. The topological polar surface area (TPSA) is 142 Å². The number of aliphatic carboxylic acids is 1. The molecular weight excluding hydrogens is 328 g/mol. The van der Waals surface area contributed by atoms with Crippen molar-refractivity contribution in [2.45, 2.75) is 58.2 Å². The summed E-state index contributed by atoms with van der Waals surface area (Å²) in [5, 5.41) is 13.7. The zero-order valence-corrected chi connectivity index (χ0v) is 14.9. The number of nitrogens with one attached hydrogen (secondary N) is 2. The highest BCUT2D eigenvalue weighted by Gasteiger charge is 2.35. The van der Waals surface area contributed by atoms with Gasteiger partial charge in [-0.2, -0.15) is 0 Å². The fourth-order valence-electron chi connectivity index (χ4n) is 2.72.